The fourth-order valence-electron chi connectivity index (χ4n) is 2.19. The van der Waals surface area contributed by atoms with Gasteiger partial charge in [-0.15, -0.1) is 0 Å². The molecule has 1 aliphatic heterocycles. The number of nitrogens with zero attached hydrogens (tertiary/aromatic N) is 2. The summed E-state index contributed by atoms with van der Waals surface area (Å²) in [6, 6.07) is 5.51. The monoisotopic (exact) mass is 283 g/mol. The number of ether oxygens (including phenoxy) is 1. The Balaban J connectivity index is 1.98. The predicted octanol–water partition coefficient (Wildman–Crippen LogP) is 1.22. The van der Waals surface area contributed by atoms with Gasteiger partial charge in [0, 0.05) is 39.0 Å². The van der Waals surface area contributed by atoms with E-state index >= 15 is 0 Å². The molecule has 1 fully saturated rings. The number of carbonyl (C=O) groups is 1. The van der Waals surface area contributed by atoms with Crippen LogP contribution in [0.15, 0.2) is 18.2 Å². The summed E-state index contributed by atoms with van der Waals surface area (Å²) in [4.78, 5) is 15.7. The molecule has 0 bridgehead atoms. The second kappa shape index (κ2) is 6.12. The predicted molar refractivity (Wildman–Crippen MR) is 76.5 cm³/mol. The van der Waals surface area contributed by atoms with Gasteiger partial charge in [-0.1, -0.05) is 11.6 Å². The van der Waals surface area contributed by atoms with Crippen LogP contribution in [-0.4, -0.2) is 50.7 Å². The second-order valence-electron chi connectivity index (χ2n) is 4.51. The van der Waals surface area contributed by atoms with Crippen LogP contribution in [0.2, 0.25) is 5.02 Å². The third kappa shape index (κ3) is 3.30. The number of nitrogen functional groups attached to an aromatic ring is 1. The van der Waals surface area contributed by atoms with Gasteiger partial charge in [0.1, 0.15) is 6.61 Å². The average Bonchev–Trinajstić information content (AvgIpc) is 2.39. The lowest BCUT2D eigenvalue weighted by Gasteiger charge is -2.36. The molecule has 0 saturated carbocycles. The van der Waals surface area contributed by atoms with E-state index in [4.69, 9.17) is 22.1 Å². The van der Waals surface area contributed by atoms with Gasteiger partial charge in [0.2, 0.25) is 5.91 Å². The van der Waals surface area contributed by atoms with Crippen molar-refractivity contribution >= 4 is 28.9 Å². The molecule has 0 atom stereocenters. The Kier molecular flexibility index (Phi) is 4.50. The van der Waals surface area contributed by atoms with E-state index in [1.807, 2.05) is 17.0 Å². The van der Waals surface area contributed by atoms with Crippen LogP contribution in [0.1, 0.15) is 0 Å². The number of halogens is 1. The zero-order valence-corrected chi connectivity index (χ0v) is 11.7. The second-order valence-corrected chi connectivity index (χ2v) is 4.92. The normalized spacial score (nSPS) is 15.7. The fraction of sp³-hybridized carbons (Fsp3) is 0.462. The average molecular weight is 284 g/mol. The Bertz CT molecular complexity index is 459. The summed E-state index contributed by atoms with van der Waals surface area (Å²) in [6.45, 7) is 3.03. The van der Waals surface area contributed by atoms with Crippen LogP contribution in [0.3, 0.4) is 0 Å². The van der Waals surface area contributed by atoms with Crippen LogP contribution in [-0.2, 0) is 9.53 Å². The lowest BCUT2D eigenvalue weighted by molar-refractivity contribution is -0.135. The topological polar surface area (TPSA) is 58.8 Å². The molecule has 1 saturated heterocycles. The van der Waals surface area contributed by atoms with Gasteiger partial charge in [-0.2, -0.15) is 0 Å². The molecule has 5 nitrogen and oxygen atoms in total. The molecule has 6 heteroatoms. The first-order valence-electron chi connectivity index (χ1n) is 6.18. The van der Waals surface area contributed by atoms with Gasteiger partial charge < -0.3 is 20.3 Å². The zero-order valence-electron chi connectivity index (χ0n) is 10.9. The highest BCUT2D eigenvalue weighted by Crippen LogP contribution is 2.28. The molecule has 0 aliphatic carbocycles. The Morgan fingerprint density at radius 3 is 2.63 bits per heavy atom. The summed E-state index contributed by atoms with van der Waals surface area (Å²) < 4.78 is 4.86. The molecule has 1 aliphatic rings. The highest BCUT2D eigenvalue weighted by atomic mass is 35.5. The number of piperazine rings is 1. The maximum absolute atomic E-state index is 11.7. The minimum Gasteiger partial charge on any atom is -0.399 e. The van der Waals surface area contributed by atoms with E-state index in [0.29, 0.717) is 23.8 Å². The number of hydrogen-bond donors (Lipinski definition) is 1. The first-order chi connectivity index (χ1) is 9.11. The highest BCUT2D eigenvalue weighted by molar-refractivity contribution is 6.33. The summed E-state index contributed by atoms with van der Waals surface area (Å²) in [5.41, 5.74) is 7.30. The number of methoxy groups -OCH3 is 1. The van der Waals surface area contributed by atoms with Crippen molar-refractivity contribution in [2.24, 2.45) is 0 Å². The van der Waals surface area contributed by atoms with E-state index in [9.17, 15) is 4.79 Å². The highest BCUT2D eigenvalue weighted by Gasteiger charge is 2.22. The molecule has 1 heterocycles. The molecular formula is C13H18ClN3O2. The van der Waals surface area contributed by atoms with Crippen LogP contribution >= 0.6 is 11.6 Å². The van der Waals surface area contributed by atoms with E-state index in [0.717, 1.165) is 18.8 Å². The van der Waals surface area contributed by atoms with Gasteiger partial charge in [0.05, 0.1) is 10.7 Å². The van der Waals surface area contributed by atoms with E-state index < -0.39 is 0 Å². The zero-order chi connectivity index (χ0) is 13.8. The standard InChI is InChI=1S/C13H18ClN3O2/c1-19-9-13(18)17-6-4-16(5-7-17)12-3-2-10(15)8-11(12)14/h2-3,8H,4-7,9,15H2,1H3. The van der Waals surface area contributed by atoms with Crippen molar-refractivity contribution in [3.05, 3.63) is 23.2 Å². The van der Waals surface area contributed by atoms with Crippen LogP contribution in [0.25, 0.3) is 0 Å². The van der Waals surface area contributed by atoms with E-state index in [1.54, 1.807) is 6.07 Å². The number of nitrogens with two attached hydrogens (primary N) is 1. The van der Waals surface area contributed by atoms with Crippen molar-refractivity contribution < 1.29 is 9.53 Å². The molecule has 0 spiro atoms. The molecule has 104 valence electrons. The number of benzene rings is 1. The van der Waals surface area contributed by atoms with E-state index in [1.165, 1.54) is 7.11 Å². The molecule has 1 aromatic carbocycles. The molecule has 2 rings (SSSR count). The Morgan fingerprint density at radius 1 is 1.37 bits per heavy atom. The smallest absolute Gasteiger partial charge is 0.248 e. The molecule has 2 N–H and O–H groups in total. The molecule has 0 unspecified atom stereocenters. The first-order valence-corrected chi connectivity index (χ1v) is 6.56. The summed E-state index contributed by atoms with van der Waals surface area (Å²) in [5.74, 6) is 0.0329. The summed E-state index contributed by atoms with van der Waals surface area (Å²) in [7, 11) is 1.53. The minimum atomic E-state index is 0.0329. The van der Waals surface area contributed by atoms with Crippen molar-refractivity contribution in [1.82, 2.24) is 4.90 Å². The van der Waals surface area contributed by atoms with Gasteiger partial charge in [-0.25, -0.2) is 0 Å². The molecular weight excluding hydrogens is 266 g/mol. The summed E-state index contributed by atoms with van der Waals surface area (Å²) >= 11 is 6.19. The molecule has 19 heavy (non-hydrogen) atoms. The number of carbonyl (C=O) groups excluding carboxylic acids is 1. The number of hydrogen-bond acceptors (Lipinski definition) is 4. The molecule has 1 amide bonds. The van der Waals surface area contributed by atoms with Crippen molar-refractivity contribution in [2.45, 2.75) is 0 Å². The Morgan fingerprint density at radius 2 is 2.05 bits per heavy atom. The van der Waals surface area contributed by atoms with Crippen molar-refractivity contribution in [1.29, 1.82) is 0 Å². The Labute approximate surface area is 117 Å². The first kappa shape index (κ1) is 14.0. The summed E-state index contributed by atoms with van der Waals surface area (Å²) in [6.07, 6.45) is 0. The molecule has 0 radical (unpaired) electrons. The van der Waals surface area contributed by atoms with E-state index in [2.05, 4.69) is 4.90 Å². The van der Waals surface area contributed by atoms with Gasteiger partial charge in [0.25, 0.3) is 0 Å². The van der Waals surface area contributed by atoms with Crippen molar-refractivity contribution in [3.63, 3.8) is 0 Å². The maximum Gasteiger partial charge on any atom is 0.248 e. The molecule has 0 aromatic heterocycles. The fourth-order valence-corrected chi connectivity index (χ4v) is 2.50. The minimum absolute atomic E-state index is 0.0329. The van der Waals surface area contributed by atoms with Gasteiger partial charge >= 0.3 is 0 Å². The number of amides is 1. The largest absolute Gasteiger partial charge is 0.399 e. The lowest BCUT2D eigenvalue weighted by atomic mass is 10.2. The van der Waals surface area contributed by atoms with Gasteiger partial charge in [0.15, 0.2) is 0 Å². The molecule has 1 aromatic rings. The van der Waals surface area contributed by atoms with Crippen molar-refractivity contribution in [3.8, 4) is 0 Å². The van der Waals surface area contributed by atoms with Crippen LogP contribution < -0.4 is 10.6 Å². The van der Waals surface area contributed by atoms with Crippen LogP contribution in [0.5, 0.6) is 0 Å². The third-order valence-corrected chi connectivity index (χ3v) is 3.52. The Hall–Kier alpha value is -1.46. The van der Waals surface area contributed by atoms with Gasteiger partial charge in [-0.05, 0) is 18.2 Å². The number of anilines is 2. The lowest BCUT2D eigenvalue weighted by Crippen LogP contribution is -2.49. The number of rotatable bonds is 3. The van der Waals surface area contributed by atoms with Crippen molar-refractivity contribution in [2.75, 3.05) is 50.5 Å². The van der Waals surface area contributed by atoms with E-state index in [-0.39, 0.29) is 12.5 Å². The van der Waals surface area contributed by atoms with Gasteiger partial charge in [-0.3, -0.25) is 4.79 Å². The quantitative estimate of drug-likeness (QED) is 0.848. The third-order valence-electron chi connectivity index (χ3n) is 3.21. The SMILES string of the molecule is COCC(=O)N1CCN(c2ccc(N)cc2Cl)CC1. The summed E-state index contributed by atoms with van der Waals surface area (Å²) in [5, 5.41) is 0.650. The van der Waals surface area contributed by atoms with Crippen LogP contribution in [0, 0.1) is 0 Å². The maximum atomic E-state index is 11.7. The van der Waals surface area contributed by atoms with Crippen LogP contribution in [0.4, 0.5) is 11.4 Å².